The van der Waals surface area contributed by atoms with Crippen LogP contribution in [-0.2, 0) is 16.1 Å². The summed E-state index contributed by atoms with van der Waals surface area (Å²) < 4.78 is 6.63. The Morgan fingerprint density at radius 2 is 1.85 bits per heavy atom. The number of methoxy groups -OCH3 is 1. The van der Waals surface area contributed by atoms with Crippen molar-refractivity contribution in [1.82, 2.24) is 14.5 Å². The molecule has 1 N–H and O–H groups in total. The third kappa shape index (κ3) is 3.31. The molecule has 138 valence electrons. The fourth-order valence-electron chi connectivity index (χ4n) is 3.66. The summed E-state index contributed by atoms with van der Waals surface area (Å²) in [5.41, 5.74) is 3.74. The summed E-state index contributed by atoms with van der Waals surface area (Å²) in [6.07, 6.45) is 0.596. The highest BCUT2D eigenvalue weighted by Crippen LogP contribution is 2.26. The number of aromatic nitrogens is 2. The van der Waals surface area contributed by atoms with E-state index >= 15 is 0 Å². The fourth-order valence-corrected chi connectivity index (χ4v) is 3.66. The molecule has 1 aliphatic rings. The molecule has 0 saturated heterocycles. The van der Waals surface area contributed by atoms with Crippen LogP contribution in [0.15, 0.2) is 65.0 Å². The number of hydrogen-bond donors (Lipinski definition) is 1. The lowest BCUT2D eigenvalue weighted by Crippen LogP contribution is -2.36. The first-order chi connectivity index (χ1) is 13.2. The van der Waals surface area contributed by atoms with Crippen molar-refractivity contribution in [3.05, 3.63) is 76.2 Å². The predicted octanol–water partition coefficient (Wildman–Crippen LogP) is 2.62. The lowest BCUT2D eigenvalue weighted by molar-refractivity contribution is -0.136. The number of aromatic amines is 1. The van der Waals surface area contributed by atoms with Gasteiger partial charge in [-0.05, 0) is 17.7 Å². The maximum atomic E-state index is 12.6. The van der Waals surface area contributed by atoms with Crippen LogP contribution in [0.4, 0.5) is 0 Å². The molecule has 0 bridgehead atoms. The van der Waals surface area contributed by atoms with E-state index in [1.807, 2.05) is 42.5 Å². The zero-order valence-electron chi connectivity index (χ0n) is 15.1. The van der Waals surface area contributed by atoms with Crippen LogP contribution in [0.1, 0.15) is 12.0 Å². The smallest absolute Gasteiger partial charge is 0.336 e. The van der Waals surface area contributed by atoms with Crippen molar-refractivity contribution >= 4 is 22.7 Å². The largest absolute Gasteiger partial charge is 0.466 e. The number of rotatable bonds is 4. The van der Waals surface area contributed by atoms with Crippen molar-refractivity contribution in [2.45, 2.75) is 13.0 Å². The fraction of sp³-hybridized carbons (Fsp3) is 0.238. The van der Waals surface area contributed by atoms with E-state index in [-0.39, 0.29) is 11.7 Å². The summed E-state index contributed by atoms with van der Waals surface area (Å²) in [5, 5.41) is 0. The summed E-state index contributed by atoms with van der Waals surface area (Å²) in [4.78, 5) is 30.1. The first-order valence-corrected chi connectivity index (χ1v) is 8.94. The van der Waals surface area contributed by atoms with E-state index in [0.29, 0.717) is 24.2 Å². The molecule has 3 aromatic rings. The molecule has 0 spiro atoms. The molecule has 0 fully saturated rings. The Morgan fingerprint density at radius 3 is 2.63 bits per heavy atom. The van der Waals surface area contributed by atoms with Gasteiger partial charge in [-0.3, -0.25) is 9.47 Å². The Kier molecular flexibility index (Phi) is 4.64. The monoisotopic (exact) mass is 363 g/mol. The van der Waals surface area contributed by atoms with Gasteiger partial charge in [-0.1, -0.05) is 42.5 Å². The van der Waals surface area contributed by atoms with Crippen molar-refractivity contribution in [1.29, 1.82) is 0 Å². The number of benzene rings is 2. The Labute approximate surface area is 156 Å². The first-order valence-electron chi connectivity index (χ1n) is 8.94. The minimum atomic E-state index is -0.389. The molecule has 0 atom stereocenters. The molecule has 2 aromatic carbocycles. The SMILES string of the molecule is COC(=O)C1=C(n2c(=O)[nH]c3ccccc32)CCN(Cc2ccccc2)C1. The average Bonchev–Trinajstić information content (AvgIpc) is 3.04. The van der Waals surface area contributed by atoms with Crippen LogP contribution in [0.2, 0.25) is 0 Å². The highest BCUT2D eigenvalue weighted by atomic mass is 16.5. The van der Waals surface area contributed by atoms with Crippen LogP contribution in [-0.4, -0.2) is 40.6 Å². The van der Waals surface area contributed by atoms with Gasteiger partial charge in [-0.25, -0.2) is 9.59 Å². The average molecular weight is 363 g/mol. The van der Waals surface area contributed by atoms with Crippen molar-refractivity contribution < 1.29 is 9.53 Å². The minimum absolute atomic E-state index is 0.232. The third-order valence-corrected chi connectivity index (χ3v) is 4.94. The number of esters is 1. The van der Waals surface area contributed by atoms with Crippen LogP contribution in [0, 0.1) is 0 Å². The maximum Gasteiger partial charge on any atom is 0.336 e. The van der Waals surface area contributed by atoms with Crippen LogP contribution in [0.25, 0.3) is 16.7 Å². The zero-order chi connectivity index (χ0) is 18.8. The second kappa shape index (κ2) is 7.25. The predicted molar refractivity (Wildman–Crippen MR) is 104 cm³/mol. The lowest BCUT2D eigenvalue weighted by atomic mass is 10.0. The first kappa shape index (κ1) is 17.3. The molecule has 2 heterocycles. The topological polar surface area (TPSA) is 67.3 Å². The van der Waals surface area contributed by atoms with Crippen molar-refractivity contribution in [2.75, 3.05) is 20.2 Å². The molecular weight excluding hydrogens is 342 g/mol. The molecule has 0 amide bonds. The summed E-state index contributed by atoms with van der Waals surface area (Å²) in [6, 6.07) is 17.6. The van der Waals surface area contributed by atoms with Gasteiger partial charge in [0.05, 0.1) is 23.7 Å². The number of ether oxygens (including phenoxy) is 1. The number of nitrogens with one attached hydrogen (secondary N) is 1. The third-order valence-electron chi connectivity index (χ3n) is 4.94. The Bertz CT molecular complexity index is 1060. The van der Waals surface area contributed by atoms with Gasteiger partial charge in [0.15, 0.2) is 0 Å². The quantitative estimate of drug-likeness (QED) is 0.724. The molecule has 0 radical (unpaired) electrons. The van der Waals surface area contributed by atoms with Gasteiger partial charge in [0, 0.05) is 31.8 Å². The second-order valence-corrected chi connectivity index (χ2v) is 6.65. The van der Waals surface area contributed by atoms with E-state index in [9.17, 15) is 9.59 Å². The molecule has 27 heavy (non-hydrogen) atoms. The highest BCUT2D eigenvalue weighted by Gasteiger charge is 2.27. The molecule has 0 aliphatic carbocycles. The van der Waals surface area contributed by atoms with E-state index in [1.54, 1.807) is 4.57 Å². The van der Waals surface area contributed by atoms with Gasteiger partial charge < -0.3 is 9.72 Å². The van der Waals surface area contributed by atoms with Gasteiger partial charge in [0.2, 0.25) is 0 Å². The normalized spacial score (nSPS) is 15.3. The van der Waals surface area contributed by atoms with E-state index in [2.05, 4.69) is 22.0 Å². The molecule has 1 aliphatic heterocycles. The van der Waals surface area contributed by atoms with Crippen molar-refractivity contribution in [3.8, 4) is 0 Å². The molecule has 0 unspecified atom stereocenters. The van der Waals surface area contributed by atoms with Crippen LogP contribution >= 0.6 is 0 Å². The summed E-state index contributed by atoms with van der Waals surface area (Å²) >= 11 is 0. The van der Waals surface area contributed by atoms with Crippen LogP contribution < -0.4 is 5.69 Å². The minimum Gasteiger partial charge on any atom is -0.466 e. The van der Waals surface area contributed by atoms with Gasteiger partial charge in [0.1, 0.15) is 0 Å². The number of fused-ring (bicyclic) bond motifs is 1. The molecule has 6 nitrogen and oxygen atoms in total. The summed E-state index contributed by atoms with van der Waals surface area (Å²) in [7, 11) is 1.38. The van der Waals surface area contributed by atoms with E-state index in [0.717, 1.165) is 24.1 Å². The number of carbonyl (C=O) groups is 1. The summed E-state index contributed by atoms with van der Waals surface area (Å²) in [5.74, 6) is -0.389. The summed E-state index contributed by atoms with van der Waals surface area (Å²) in [6.45, 7) is 1.96. The number of para-hydroxylation sites is 2. The highest BCUT2D eigenvalue weighted by molar-refractivity contribution is 5.96. The van der Waals surface area contributed by atoms with E-state index < -0.39 is 0 Å². The van der Waals surface area contributed by atoms with Crippen molar-refractivity contribution in [2.24, 2.45) is 0 Å². The molecule has 1 aromatic heterocycles. The standard InChI is InChI=1S/C21H21N3O3/c1-27-20(25)16-14-23(13-15-7-3-2-4-8-15)12-11-18(16)24-19-10-6-5-9-17(19)22-21(24)26/h2-10H,11-14H2,1H3,(H,22,26). The van der Waals surface area contributed by atoms with E-state index in [1.165, 1.54) is 12.7 Å². The second-order valence-electron chi connectivity index (χ2n) is 6.65. The Hall–Kier alpha value is -3.12. The zero-order valence-corrected chi connectivity index (χ0v) is 15.1. The van der Waals surface area contributed by atoms with Crippen LogP contribution in [0.3, 0.4) is 0 Å². The Balaban J connectivity index is 1.74. The van der Waals surface area contributed by atoms with Crippen LogP contribution in [0.5, 0.6) is 0 Å². The number of H-pyrrole nitrogens is 1. The van der Waals surface area contributed by atoms with Crippen molar-refractivity contribution in [3.63, 3.8) is 0 Å². The van der Waals surface area contributed by atoms with Gasteiger partial charge in [-0.15, -0.1) is 0 Å². The lowest BCUT2D eigenvalue weighted by Gasteiger charge is -2.30. The van der Waals surface area contributed by atoms with Gasteiger partial charge in [0.25, 0.3) is 0 Å². The molecule has 0 saturated carbocycles. The number of hydrogen-bond acceptors (Lipinski definition) is 4. The molecule has 4 rings (SSSR count). The number of nitrogens with zero attached hydrogens (tertiary/aromatic N) is 2. The maximum absolute atomic E-state index is 12.6. The molecular formula is C21H21N3O3. The number of carbonyl (C=O) groups excluding carboxylic acids is 1. The van der Waals surface area contributed by atoms with Gasteiger partial charge in [-0.2, -0.15) is 0 Å². The van der Waals surface area contributed by atoms with Gasteiger partial charge >= 0.3 is 11.7 Å². The number of imidazole rings is 1. The molecule has 6 heteroatoms. The van der Waals surface area contributed by atoms with E-state index in [4.69, 9.17) is 4.74 Å². The Morgan fingerprint density at radius 1 is 1.11 bits per heavy atom.